The van der Waals surface area contributed by atoms with Crippen molar-refractivity contribution in [3.8, 4) is 11.5 Å². The molecule has 2 aromatic rings. The summed E-state index contributed by atoms with van der Waals surface area (Å²) < 4.78 is 5.31. The summed E-state index contributed by atoms with van der Waals surface area (Å²) in [7, 11) is 0. The molecule has 0 bridgehead atoms. The minimum Gasteiger partial charge on any atom is -0.504 e. The molecule has 1 aromatic carbocycles. The normalized spacial score (nSPS) is 14.3. The average molecular weight is 333 g/mol. The fraction of sp³-hybridized carbons (Fsp3) is 0.375. The maximum Gasteiger partial charge on any atom is 0.264 e. The molecule has 0 saturated carbocycles. The number of fused-ring (bicyclic) bond motifs is 1. The molecule has 7 heteroatoms. The number of aromatic hydroxyl groups is 1. The van der Waals surface area contributed by atoms with E-state index in [0.29, 0.717) is 10.9 Å². The Hall–Kier alpha value is -2.12. The molecule has 2 heterocycles. The molecule has 1 aliphatic heterocycles. The van der Waals surface area contributed by atoms with Gasteiger partial charge in [0.1, 0.15) is 0 Å². The first-order chi connectivity index (χ1) is 11.2. The number of anilines is 1. The second kappa shape index (κ2) is 6.97. The number of amides is 1. The van der Waals surface area contributed by atoms with Gasteiger partial charge in [-0.1, -0.05) is 19.1 Å². The van der Waals surface area contributed by atoms with Crippen LogP contribution in [0.3, 0.4) is 0 Å². The number of hydrogen-bond donors (Lipinski definition) is 2. The van der Waals surface area contributed by atoms with Crippen molar-refractivity contribution in [2.24, 2.45) is 0 Å². The fourth-order valence-electron chi connectivity index (χ4n) is 2.45. The first-order valence-corrected chi connectivity index (χ1v) is 8.39. The predicted octanol–water partition coefficient (Wildman–Crippen LogP) is 2.24. The average Bonchev–Trinajstić information content (AvgIpc) is 2.95. The maximum atomic E-state index is 12.0. The maximum absolute atomic E-state index is 12.0. The topological polar surface area (TPSA) is 74.7 Å². The van der Waals surface area contributed by atoms with Crippen LogP contribution in [0.15, 0.2) is 24.3 Å². The van der Waals surface area contributed by atoms with E-state index in [9.17, 15) is 9.90 Å². The number of benzene rings is 1. The van der Waals surface area contributed by atoms with Gasteiger partial charge in [0.2, 0.25) is 0 Å². The molecule has 122 valence electrons. The van der Waals surface area contributed by atoms with Crippen LogP contribution in [0.4, 0.5) is 5.13 Å². The van der Waals surface area contributed by atoms with Crippen molar-refractivity contribution >= 4 is 22.4 Å². The van der Waals surface area contributed by atoms with E-state index in [4.69, 9.17) is 4.74 Å². The van der Waals surface area contributed by atoms with Gasteiger partial charge in [0.25, 0.3) is 5.91 Å². The zero-order valence-corrected chi connectivity index (χ0v) is 13.7. The summed E-state index contributed by atoms with van der Waals surface area (Å²) in [4.78, 5) is 20.0. The Bertz CT molecular complexity index is 702. The van der Waals surface area contributed by atoms with E-state index in [1.54, 1.807) is 18.2 Å². The van der Waals surface area contributed by atoms with E-state index in [-0.39, 0.29) is 18.3 Å². The standard InChI is InChI=1S/C16H19N3O3S/c1-2-19-8-7-11-14(9-19)23-16(17-11)18-15(21)10-22-13-6-4-3-5-12(13)20/h3-6,20H,2,7-10H2,1H3,(H,17,18,21). The molecule has 1 aromatic heterocycles. The number of nitrogens with one attached hydrogen (secondary N) is 1. The van der Waals surface area contributed by atoms with Crippen LogP contribution in [-0.4, -0.2) is 40.6 Å². The molecule has 0 spiro atoms. The lowest BCUT2D eigenvalue weighted by molar-refractivity contribution is -0.118. The Balaban J connectivity index is 1.56. The molecule has 23 heavy (non-hydrogen) atoms. The summed E-state index contributed by atoms with van der Waals surface area (Å²) in [6.07, 6.45) is 0.921. The third-order valence-electron chi connectivity index (χ3n) is 3.73. The third-order valence-corrected chi connectivity index (χ3v) is 4.73. The number of nitrogens with zero attached hydrogens (tertiary/aromatic N) is 2. The van der Waals surface area contributed by atoms with Gasteiger partial charge < -0.3 is 9.84 Å². The van der Waals surface area contributed by atoms with Gasteiger partial charge >= 0.3 is 0 Å². The largest absolute Gasteiger partial charge is 0.504 e. The van der Waals surface area contributed by atoms with E-state index in [0.717, 1.165) is 31.7 Å². The lowest BCUT2D eigenvalue weighted by atomic mass is 10.2. The zero-order valence-electron chi connectivity index (χ0n) is 12.9. The molecule has 0 atom stereocenters. The highest BCUT2D eigenvalue weighted by molar-refractivity contribution is 7.15. The van der Waals surface area contributed by atoms with Gasteiger partial charge in [0.05, 0.1) is 5.69 Å². The number of aromatic nitrogens is 1. The molecule has 0 aliphatic carbocycles. The monoisotopic (exact) mass is 333 g/mol. The second-order valence-corrected chi connectivity index (χ2v) is 6.40. The van der Waals surface area contributed by atoms with Crippen molar-refractivity contribution in [2.45, 2.75) is 19.9 Å². The lowest BCUT2D eigenvalue weighted by Crippen LogP contribution is -2.29. The second-order valence-electron chi connectivity index (χ2n) is 5.31. The van der Waals surface area contributed by atoms with Gasteiger partial charge in [0.15, 0.2) is 23.2 Å². The summed E-state index contributed by atoms with van der Waals surface area (Å²) in [5, 5.41) is 13.0. The van der Waals surface area contributed by atoms with Gasteiger partial charge in [-0.25, -0.2) is 4.98 Å². The van der Waals surface area contributed by atoms with E-state index in [1.807, 2.05) is 0 Å². The Morgan fingerprint density at radius 2 is 2.30 bits per heavy atom. The number of phenolic OH excluding ortho intramolecular Hbond substituents is 1. The van der Waals surface area contributed by atoms with Crippen LogP contribution in [0, 0.1) is 0 Å². The quantitative estimate of drug-likeness (QED) is 0.878. The molecular weight excluding hydrogens is 314 g/mol. The number of phenols is 1. The van der Waals surface area contributed by atoms with E-state index < -0.39 is 0 Å². The van der Waals surface area contributed by atoms with E-state index in [1.165, 1.54) is 22.3 Å². The molecule has 1 aliphatic rings. The number of ether oxygens (including phenoxy) is 1. The number of rotatable bonds is 5. The van der Waals surface area contributed by atoms with Crippen molar-refractivity contribution < 1.29 is 14.6 Å². The number of carbonyl (C=O) groups is 1. The third kappa shape index (κ3) is 3.80. The van der Waals surface area contributed by atoms with Gasteiger partial charge in [-0.2, -0.15) is 0 Å². The summed E-state index contributed by atoms with van der Waals surface area (Å²) in [5.74, 6) is 0.0241. The summed E-state index contributed by atoms with van der Waals surface area (Å²) in [5.41, 5.74) is 1.08. The minimum absolute atomic E-state index is 0.0182. The van der Waals surface area contributed by atoms with Crippen molar-refractivity contribution in [2.75, 3.05) is 25.0 Å². The summed E-state index contributed by atoms with van der Waals surface area (Å²) in [6, 6.07) is 6.56. The summed E-state index contributed by atoms with van der Waals surface area (Å²) in [6.45, 7) is 4.91. The minimum atomic E-state index is -0.285. The van der Waals surface area contributed by atoms with E-state index >= 15 is 0 Å². The Labute approximate surface area is 138 Å². The van der Waals surface area contributed by atoms with Gasteiger partial charge in [-0.15, -0.1) is 11.3 Å². The smallest absolute Gasteiger partial charge is 0.264 e. The number of thiazole rings is 1. The Morgan fingerprint density at radius 3 is 3.09 bits per heavy atom. The highest BCUT2D eigenvalue weighted by Gasteiger charge is 2.20. The Morgan fingerprint density at radius 1 is 1.48 bits per heavy atom. The molecule has 0 fully saturated rings. The van der Waals surface area contributed by atoms with Crippen LogP contribution < -0.4 is 10.1 Å². The zero-order chi connectivity index (χ0) is 16.2. The molecule has 0 radical (unpaired) electrons. The fourth-order valence-corrected chi connectivity index (χ4v) is 3.52. The van der Waals surface area contributed by atoms with Crippen LogP contribution in [-0.2, 0) is 17.8 Å². The SMILES string of the molecule is CCN1CCc2nc(NC(=O)COc3ccccc3O)sc2C1. The van der Waals surface area contributed by atoms with Crippen LogP contribution in [0.25, 0.3) is 0 Å². The lowest BCUT2D eigenvalue weighted by Gasteiger charge is -2.23. The molecule has 2 N–H and O–H groups in total. The van der Waals surface area contributed by atoms with Crippen LogP contribution in [0.5, 0.6) is 11.5 Å². The highest BCUT2D eigenvalue weighted by Crippen LogP contribution is 2.28. The van der Waals surface area contributed by atoms with Crippen LogP contribution in [0.2, 0.25) is 0 Å². The highest BCUT2D eigenvalue weighted by atomic mass is 32.1. The first kappa shape index (κ1) is 15.8. The predicted molar refractivity (Wildman–Crippen MR) is 89.0 cm³/mol. The van der Waals surface area contributed by atoms with Crippen LogP contribution in [0.1, 0.15) is 17.5 Å². The van der Waals surface area contributed by atoms with E-state index in [2.05, 4.69) is 22.1 Å². The van der Waals surface area contributed by atoms with Crippen LogP contribution >= 0.6 is 11.3 Å². The van der Waals surface area contributed by atoms with Crippen molar-refractivity contribution in [3.05, 3.63) is 34.8 Å². The molecule has 0 saturated heterocycles. The number of para-hydroxylation sites is 2. The van der Waals surface area contributed by atoms with Gasteiger partial charge in [-0.05, 0) is 18.7 Å². The molecular formula is C16H19N3O3S. The molecule has 6 nitrogen and oxygen atoms in total. The number of likely N-dealkylation sites (N-methyl/N-ethyl adjacent to an activating group) is 1. The van der Waals surface area contributed by atoms with Gasteiger partial charge in [-0.3, -0.25) is 15.0 Å². The Kier molecular flexibility index (Phi) is 4.78. The van der Waals surface area contributed by atoms with Crippen molar-refractivity contribution in [3.63, 3.8) is 0 Å². The van der Waals surface area contributed by atoms with Crippen molar-refractivity contribution in [1.29, 1.82) is 0 Å². The van der Waals surface area contributed by atoms with Crippen molar-refractivity contribution in [1.82, 2.24) is 9.88 Å². The molecule has 3 rings (SSSR count). The van der Waals surface area contributed by atoms with Gasteiger partial charge in [0, 0.05) is 24.4 Å². The first-order valence-electron chi connectivity index (χ1n) is 7.57. The molecule has 1 amide bonds. The number of carbonyl (C=O) groups excluding carboxylic acids is 1. The summed E-state index contributed by atoms with van der Waals surface area (Å²) >= 11 is 1.52. The molecule has 0 unspecified atom stereocenters. The number of hydrogen-bond acceptors (Lipinski definition) is 6.